The minimum Gasteiger partial charge on any atom is -0.341 e. The largest absolute Gasteiger partial charge is 0.341 e. The molecule has 21 heavy (non-hydrogen) atoms. The van der Waals surface area contributed by atoms with Gasteiger partial charge in [-0.1, -0.05) is 29.8 Å². The Balaban J connectivity index is 1.51. The van der Waals surface area contributed by atoms with E-state index in [0.717, 1.165) is 32.5 Å². The molecule has 2 aliphatic heterocycles. The maximum Gasteiger partial charge on any atom is 0.243 e. The molecule has 112 valence electrons. The van der Waals surface area contributed by atoms with Crippen LogP contribution in [0.4, 0.5) is 0 Å². The summed E-state index contributed by atoms with van der Waals surface area (Å²) in [7, 11) is 0. The summed E-state index contributed by atoms with van der Waals surface area (Å²) in [5, 5.41) is 3.83. The first-order valence-corrected chi connectivity index (χ1v) is 8.52. The van der Waals surface area contributed by atoms with Crippen LogP contribution >= 0.6 is 11.8 Å². The van der Waals surface area contributed by atoms with E-state index in [1.54, 1.807) is 0 Å². The van der Waals surface area contributed by atoms with E-state index in [9.17, 15) is 4.79 Å². The van der Waals surface area contributed by atoms with E-state index in [1.807, 2.05) is 28.8 Å². The number of nitrogens with zero attached hydrogens (tertiary/aromatic N) is 1. The molecule has 1 fully saturated rings. The second-order valence-electron chi connectivity index (χ2n) is 5.77. The van der Waals surface area contributed by atoms with Crippen molar-refractivity contribution in [3.05, 3.63) is 42.0 Å². The quantitative estimate of drug-likeness (QED) is 0.871. The van der Waals surface area contributed by atoms with Crippen LogP contribution in [-0.4, -0.2) is 41.7 Å². The van der Waals surface area contributed by atoms with E-state index in [2.05, 4.69) is 36.5 Å². The summed E-state index contributed by atoms with van der Waals surface area (Å²) in [5.74, 6) is 0.239. The van der Waals surface area contributed by atoms with Crippen molar-refractivity contribution >= 4 is 17.7 Å². The van der Waals surface area contributed by atoms with Crippen LogP contribution in [0.25, 0.3) is 0 Å². The van der Waals surface area contributed by atoms with Gasteiger partial charge in [0.2, 0.25) is 5.91 Å². The highest BCUT2D eigenvalue weighted by atomic mass is 32.2. The first kappa shape index (κ1) is 14.7. The number of likely N-dealkylation sites (tertiary alicyclic amines) is 1. The molecule has 2 heterocycles. The number of piperidine rings is 1. The van der Waals surface area contributed by atoms with Crippen molar-refractivity contribution in [1.29, 1.82) is 0 Å². The fraction of sp³-hybridized carbons (Fsp3) is 0.471. The predicted molar refractivity (Wildman–Crippen MR) is 87.6 cm³/mol. The van der Waals surface area contributed by atoms with Gasteiger partial charge in [0, 0.05) is 29.8 Å². The van der Waals surface area contributed by atoms with Crippen molar-refractivity contribution in [3.63, 3.8) is 0 Å². The third-order valence-electron chi connectivity index (χ3n) is 4.10. The molecule has 1 saturated heterocycles. The Morgan fingerprint density at radius 2 is 2.14 bits per heavy atom. The molecule has 0 spiro atoms. The van der Waals surface area contributed by atoms with Gasteiger partial charge in [0.15, 0.2) is 0 Å². The highest BCUT2D eigenvalue weighted by Crippen LogP contribution is 2.30. The summed E-state index contributed by atoms with van der Waals surface area (Å²) in [6.07, 6.45) is 6.18. The van der Waals surface area contributed by atoms with Gasteiger partial charge in [-0.2, -0.15) is 0 Å². The Morgan fingerprint density at radius 1 is 1.33 bits per heavy atom. The van der Waals surface area contributed by atoms with Gasteiger partial charge in [0.1, 0.15) is 6.04 Å². The van der Waals surface area contributed by atoms with Gasteiger partial charge in [0.25, 0.3) is 0 Å². The standard InChI is InChI=1S/C17H22N2OS/c1-13-4-2-5-15(12-13)21-14-7-10-19(11-8-14)17(20)16-6-3-9-18-16/h2-6,12,14,16,18H,7-11H2,1H3/t16-/m0/s1. The maximum absolute atomic E-state index is 12.3. The average molecular weight is 302 g/mol. The number of nitrogens with one attached hydrogen (secondary N) is 1. The molecular formula is C17H22N2OS. The first-order valence-electron chi connectivity index (χ1n) is 7.64. The van der Waals surface area contributed by atoms with E-state index < -0.39 is 0 Å². The van der Waals surface area contributed by atoms with Crippen molar-refractivity contribution in [1.82, 2.24) is 10.2 Å². The van der Waals surface area contributed by atoms with Gasteiger partial charge in [0.05, 0.1) is 0 Å². The van der Waals surface area contributed by atoms with Crippen LogP contribution in [-0.2, 0) is 4.79 Å². The van der Waals surface area contributed by atoms with Crippen LogP contribution in [0.2, 0.25) is 0 Å². The molecule has 0 radical (unpaired) electrons. The number of carbonyl (C=O) groups is 1. The zero-order valence-electron chi connectivity index (χ0n) is 12.4. The molecule has 1 aromatic carbocycles. The second-order valence-corrected chi connectivity index (χ2v) is 7.15. The lowest BCUT2D eigenvalue weighted by molar-refractivity contribution is -0.132. The van der Waals surface area contributed by atoms with Gasteiger partial charge < -0.3 is 4.90 Å². The van der Waals surface area contributed by atoms with Crippen molar-refractivity contribution < 1.29 is 4.79 Å². The van der Waals surface area contributed by atoms with E-state index in [1.165, 1.54) is 10.5 Å². The first-order chi connectivity index (χ1) is 10.2. The third-order valence-corrected chi connectivity index (χ3v) is 5.43. The Kier molecular flexibility index (Phi) is 4.66. The molecule has 1 atom stereocenters. The monoisotopic (exact) mass is 302 g/mol. The Labute approximate surface area is 130 Å². The lowest BCUT2D eigenvalue weighted by atomic mass is 10.1. The summed E-state index contributed by atoms with van der Waals surface area (Å²) in [5.41, 5.74) is 1.31. The molecule has 2 aliphatic rings. The van der Waals surface area contributed by atoms with Crippen molar-refractivity contribution in [2.24, 2.45) is 0 Å². The summed E-state index contributed by atoms with van der Waals surface area (Å²) in [4.78, 5) is 15.7. The molecule has 0 unspecified atom stereocenters. The van der Waals surface area contributed by atoms with Crippen molar-refractivity contribution in [2.75, 3.05) is 19.6 Å². The lowest BCUT2D eigenvalue weighted by Crippen LogP contribution is -2.47. The van der Waals surface area contributed by atoms with Crippen molar-refractivity contribution in [3.8, 4) is 0 Å². The molecule has 0 saturated carbocycles. The molecule has 1 N–H and O–H groups in total. The minimum atomic E-state index is -0.0917. The molecule has 1 amide bonds. The van der Waals surface area contributed by atoms with E-state index in [-0.39, 0.29) is 11.9 Å². The molecular weight excluding hydrogens is 280 g/mol. The highest BCUT2D eigenvalue weighted by Gasteiger charge is 2.28. The van der Waals surface area contributed by atoms with Gasteiger partial charge in [-0.15, -0.1) is 11.8 Å². The fourth-order valence-corrected chi connectivity index (χ4v) is 4.15. The Hall–Kier alpha value is -1.26. The third kappa shape index (κ3) is 3.69. The zero-order valence-corrected chi connectivity index (χ0v) is 13.2. The van der Waals surface area contributed by atoms with E-state index in [0.29, 0.717) is 5.25 Å². The molecule has 3 rings (SSSR count). The number of thioether (sulfide) groups is 1. The Bertz CT molecular complexity index is 535. The normalized spacial score (nSPS) is 22.7. The number of rotatable bonds is 3. The van der Waals surface area contributed by atoms with E-state index >= 15 is 0 Å². The molecule has 0 aliphatic carbocycles. The van der Waals surface area contributed by atoms with Crippen LogP contribution in [0.1, 0.15) is 18.4 Å². The number of hydrogen-bond donors (Lipinski definition) is 1. The van der Waals surface area contributed by atoms with E-state index in [4.69, 9.17) is 0 Å². The van der Waals surface area contributed by atoms with Gasteiger partial charge in [-0.25, -0.2) is 0 Å². The highest BCUT2D eigenvalue weighted by molar-refractivity contribution is 8.00. The second kappa shape index (κ2) is 6.67. The Morgan fingerprint density at radius 3 is 2.81 bits per heavy atom. The lowest BCUT2D eigenvalue weighted by Gasteiger charge is -2.33. The predicted octanol–water partition coefficient (Wildman–Crippen LogP) is 2.61. The number of benzene rings is 1. The minimum absolute atomic E-state index is 0.0917. The zero-order chi connectivity index (χ0) is 14.7. The smallest absolute Gasteiger partial charge is 0.243 e. The van der Waals surface area contributed by atoms with Crippen LogP contribution in [0.3, 0.4) is 0 Å². The van der Waals surface area contributed by atoms with Gasteiger partial charge >= 0.3 is 0 Å². The fourth-order valence-electron chi connectivity index (χ4n) is 2.91. The van der Waals surface area contributed by atoms with Crippen LogP contribution in [0, 0.1) is 6.92 Å². The van der Waals surface area contributed by atoms with Crippen LogP contribution in [0.5, 0.6) is 0 Å². The number of hydrogen-bond acceptors (Lipinski definition) is 3. The van der Waals surface area contributed by atoms with Gasteiger partial charge in [-0.3, -0.25) is 10.1 Å². The molecule has 0 bridgehead atoms. The summed E-state index contributed by atoms with van der Waals surface area (Å²) < 4.78 is 0. The molecule has 3 nitrogen and oxygen atoms in total. The topological polar surface area (TPSA) is 32.3 Å². The van der Waals surface area contributed by atoms with Crippen LogP contribution < -0.4 is 5.32 Å². The number of amides is 1. The number of carbonyl (C=O) groups excluding carboxylic acids is 1. The average Bonchev–Trinajstić information content (AvgIpc) is 3.01. The molecule has 0 aromatic heterocycles. The van der Waals surface area contributed by atoms with Crippen molar-refractivity contribution in [2.45, 2.75) is 36.0 Å². The summed E-state index contributed by atoms with van der Waals surface area (Å²) in [6.45, 7) is 4.71. The summed E-state index contributed by atoms with van der Waals surface area (Å²) in [6, 6.07) is 8.59. The molecule has 1 aromatic rings. The summed E-state index contributed by atoms with van der Waals surface area (Å²) >= 11 is 1.96. The number of aryl methyl sites for hydroxylation is 1. The molecule has 4 heteroatoms. The maximum atomic E-state index is 12.3. The van der Waals surface area contributed by atoms with Crippen LogP contribution in [0.15, 0.2) is 41.3 Å². The SMILES string of the molecule is Cc1cccc(SC2CCN(C(=O)[C@@H]3C=CCN3)CC2)c1. The van der Waals surface area contributed by atoms with Gasteiger partial charge in [-0.05, 0) is 31.9 Å².